The summed E-state index contributed by atoms with van der Waals surface area (Å²) in [5.74, 6) is 0. The summed E-state index contributed by atoms with van der Waals surface area (Å²) in [7, 11) is 0. The lowest BCUT2D eigenvalue weighted by molar-refractivity contribution is -0.110. The van der Waals surface area contributed by atoms with Crippen LogP contribution in [0.15, 0.2) is 0 Å². The SMILES string of the molecule is O=CC1CN2CCCC2CN1. The van der Waals surface area contributed by atoms with Crippen LogP contribution in [0.3, 0.4) is 0 Å². The Kier molecular flexibility index (Phi) is 1.92. The van der Waals surface area contributed by atoms with E-state index in [1.165, 1.54) is 19.4 Å². The molecule has 2 aliphatic rings. The van der Waals surface area contributed by atoms with Gasteiger partial charge in [-0.25, -0.2) is 0 Å². The maximum absolute atomic E-state index is 10.5. The van der Waals surface area contributed by atoms with Gasteiger partial charge in [0.1, 0.15) is 6.29 Å². The molecule has 3 heteroatoms. The Hall–Kier alpha value is -0.410. The largest absolute Gasteiger partial charge is 0.305 e. The first-order valence-electron chi connectivity index (χ1n) is 4.33. The van der Waals surface area contributed by atoms with Crippen molar-refractivity contribution in [2.45, 2.75) is 24.9 Å². The van der Waals surface area contributed by atoms with Gasteiger partial charge in [-0.2, -0.15) is 0 Å². The molecular weight excluding hydrogens is 140 g/mol. The van der Waals surface area contributed by atoms with Gasteiger partial charge in [0.2, 0.25) is 0 Å². The number of nitrogens with zero attached hydrogens (tertiary/aromatic N) is 1. The topological polar surface area (TPSA) is 32.3 Å². The zero-order chi connectivity index (χ0) is 7.68. The number of nitrogens with one attached hydrogen (secondary N) is 1. The predicted molar refractivity (Wildman–Crippen MR) is 42.4 cm³/mol. The lowest BCUT2D eigenvalue weighted by Crippen LogP contribution is -2.54. The maximum atomic E-state index is 10.5. The highest BCUT2D eigenvalue weighted by atomic mass is 16.1. The molecule has 62 valence electrons. The molecule has 2 atom stereocenters. The third-order valence-electron chi connectivity index (χ3n) is 2.71. The highest BCUT2D eigenvalue weighted by molar-refractivity contribution is 5.58. The first-order valence-corrected chi connectivity index (χ1v) is 4.33. The molecule has 2 rings (SSSR count). The lowest BCUT2D eigenvalue weighted by atomic mass is 10.1. The smallest absolute Gasteiger partial charge is 0.138 e. The van der Waals surface area contributed by atoms with Gasteiger partial charge in [0.15, 0.2) is 0 Å². The van der Waals surface area contributed by atoms with Gasteiger partial charge in [-0.15, -0.1) is 0 Å². The van der Waals surface area contributed by atoms with Crippen LogP contribution in [0.4, 0.5) is 0 Å². The Bertz CT molecular complexity index is 160. The molecule has 0 amide bonds. The highest BCUT2D eigenvalue weighted by Gasteiger charge is 2.30. The average Bonchev–Trinajstić information content (AvgIpc) is 2.50. The van der Waals surface area contributed by atoms with E-state index in [0.717, 1.165) is 19.4 Å². The third kappa shape index (κ3) is 1.30. The van der Waals surface area contributed by atoms with Crippen molar-refractivity contribution in [3.8, 4) is 0 Å². The fraction of sp³-hybridized carbons (Fsp3) is 0.875. The van der Waals surface area contributed by atoms with Crippen LogP contribution < -0.4 is 5.32 Å². The van der Waals surface area contributed by atoms with Gasteiger partial charge in [0.05, 0.1) is 6.04 Å². The molecule has 0 saturated carbocycles. The predicted octanol–water partition coefficient (Wildman–Crippen LogP) is -0.378. The number of carbonyl (C=O) groups excluding carboxylic acids is 1. The second-order valence-corrected chi connectivity index (χ2v) is 3.44. The number of fused-ring (bicyclic) bond motifs is 1. The summed E-state index contributed by atoms with van der Waals surface area (Å²) in [4.78, 5) is 12.9. The summed E-state index contributed by atoms with van der Waals surface area (Å²) in [5, 5.41) is 3.23. The second kappa shape index (κ2) is 2.91. The fourth-order valence-electron chi connectivity index (χ4n) is 2.06. The molecule has 0 aromatic rings. The van der Waals surface area contributed by atoms with E-state index in [9.17, 15) is 4.79 Å². The van der Waals surface area contributed by atoms with Crippen LogP contribution >= 0.6 is 0 Å². The number of piperazine rings is 1. The quantitative estimate of drug-likeness (QED) is 0.523. The molecule has 0 spiro atoms. The van der Waals surface area contributed by atoms with Crippen molar-refractivity contribution in [2.24, 2.45) is 0 Å². The second-order valence-electron chi connectivity index (χ2n) is 3.44. The van der Waals surface area contributed by atoms with Crippen LogP contribution in [0.5, 0.6) is 0 Å². The molecule has 2 fully saturated rings. The van der Waals surface area contributed by atoms with Gasteiger partial charge in [-0.1, -0.05) is 0 Å². The summed E-state index contributed by atoms with van der Waals surface area (Å²) < 4.78 is 0. The van der Waals surface area contributed by atoms with Gasteiger partial charge in [0, 0.05) is 19.1 Å². The Morgan fingerprint density at radius 1 is 1.55 bits per heavy atom. The number of carbonyl (C=O) groups is 1. The van der Waals surface area contributed by atoms with E-state index in [1.54, 1.807) is 0 Å². The summed E-state index contributed by atoms with van der Waals surface area (Å²) in [6, 6.07) is 0.801. The molecule has 3 nitrogen and oxygen atoms in total. The van der Waals surface area contributed by atoms with Crippen molar-refractivity contribution in [1.82, 2.24) is 10.2 Å². The number of rotatable bonds is 1. The number of hydrogen-bond donors (Lipinski definition) is 1. The lowest BCUT2D eigenvalue weighted by Gasteiger charge is -2.33. The van der Waals surface area contributed by atoms with Crippen LogP contribution in [0.1, 0.15) is 12.8 Å². The van der Waals surface area contributed by atoms with E-state index in [4.69, 9.17) is 0 Å². The summed E-state index contributed by atoms with van der Waals surface area (Å²) >= 11 is 0. The molecule has 0 aliphatic carbocycles. The highest BCUT2D eigenvalue weighted by Crippen LogP contribution is 2.18. The standard InChI is InChI=1S/C8H14N2O/c11-6-7-5-10-3-1-2-8(10)4-9-7/h6-9H,1-5H2. The van der Waals surface area contributed by atoms with Gasteiger partial charge in [-0.3, -0.25) is 4.90 Å². The minimum atomic E-state index is 0.0874. The molecule has 0 radical (unpaired) electrons. The van der Waals surface area contributed by atoms with Crippen molar-refractivity contribution in [3.05, 3.63) is 0 Å². The van der Waals surface area contributed by atoms with Gasteiger partial charge < -0.3 is 10.1 Å². The van der Waals surface area contributed by atoms with Gasteiger partial charge >= 0.3 is 0 Å². The monoisotopic (exact) mass is 154 g/mol. The fourth-order valence-corrected chi connectivity index (χ4v) is 2.06. The van der Waals surface area contributed by atoms with E-state index in [-0.39, 0.29) is 6.04 Å². The van der Waals surface area contributed by atoms with Crippen molar-refractivity contribution in [1.29, 1.82) is 0 Å². The van der Waals surface area contributed by atoms with Crippen LogP contribution in [0, 0.1) is 0 Å². The van der Waals surface area contributed by atoms with Crippen LogP contribution in [-0.2, 0) is 4.79 Å². The Labute approximate surface area is 66.8 Å². The Balaban J connectivity index is 1.96. The van der Waals surface area contributed by atoms with Gasteiger partial charge in [0.25, 0.3) is 0 Å². The van der Waals surface area contributed by atoms with Crippen LogP contribution in [0.25, 0.3) is 0 Å². The van der Waals surface area contributed by atoms with Gasteiger partial charge in [-0.05, 0) is 19.4 Å². The van der Waals surface area contributed by atoms with Crippen LogP contribution in [-0.4, -0.2) is 42.9 Å². The Morgan fingerprint density at radius 3 is 3.27 bits per heavy atom. The molecule has 1 N–H and O–H groups in total. The van der Waals surface area contributed by atoms with Crippen molar-refractivity contribution in [2.75, 3.05) is 19.6 Å². The maximum Gasteiger partial charge on any atom is 0.138 e. The van der Waals surface area contributed by atoms with Crippen molar-refractivity contribution in [3.63, 3.8) is 0 Å². The van der Waals surface area contributed by atoms with Crippen LogP contribution in [0.2, 0.25) is 0 Å². The summed E-state index contributed by atoms with van der Waals surface area (Å²) in [6.07, 6.45) is 3.63. The normalized spacial score (nSPS) is 38.5. The number of hydrogen-bond acceptors (Lipinski definition) is 3. The molecule has 0 bridgehead atoms. The van der Waals surface area contributed by atoms with Crippen molar-refractivity contribution >= 4 is 6.29 Å². The van der Waals surface area contributed by atoms with Crippen molar-refractivity contribution < 1.29 is 4.79 Å². The zero-order valence-electron chi connectivity index (χ0n) is 6.62. The molecule has 2 unspecified atom stereocenters. The average molecular weight is 154 g/mol. The number of aldehydes is 1. The van der Waals surface area contributed by atoms with E-state index < -0.39 is 0 Å². The minimum Gasteiger partial charge on any atom is -0.305 e. The first-order chi connectivity index (χ1) is 5.40. The molecule has 2 heterocycles. The molecule has 0 aromatic carbocycles. The van der Waals surface area contributed by atoms with E-state index >= 15 is 0 Å². The van der Waals surface area contributed by atoms with E-state index in [2.05, 4.69) is 10.2 Å². The third-order valence-corrected chi connectivity index (χ3v) is 2.71. The minimum absolute atomic E-state index is 0.0874. The Morgan fingerprint density at radius 2 is 2.45 bits per heavy atom. The van der Waals surface area contributed by atoms with E-state index in [1.807, 2.05) is 0 Å². The molecular formula is C8H14N2O. The zero-order valence-corrected chi connectivity index (χ0v) is 6.62. The first kappa shape index (κ1) is 7.25. The summed E-state index contributed by atoms with van der Waals surface area (Å²) in [5.41, 5.74) is 0. The molecule has 2 aliphatic heterocycles. The van der Waals surface area contributed by atoms with E-state index in [0.29, 0.717) is 6.04 Å². The molecule has 11 heavy (non-hydrogen) atoms. The molecule has 0 aromatic heterocycles. The molecule has 2 saturated heterocycles. The summed E-state index contributed by atoms with van der Waals surface area (Å²) in [6.45, 7) is 3.12.